The molecule has 3 rings (SSSR count). The summed E-state index contributed by atoms with van der Waals surface area (Å²) < 4.78 is 0. The van der Waals surface area contributed by atoms with Crippen molar-refractivity contribution in [2.75, 3.05) is 26.7 Å². The van der Waals surface area contributed by atoms with Crippen molar-refractivity contribution in [3.05, 3.63) is 35.4 Å². The van der Waals surface area contributed by atoms with Gasteiger partial charge in [-0.2, -0.15) is 0 Å². The van der Waals surface area contributed by atoms with E-state index in [1.807, 2.05) is 0 Å². The molecule has 0 aromatic heterocycles. The Bertz CT molecular complexity index is 500. The van der Waals surface area contributed by atoms with Gasteiger partial charge in [-0.15, -0.1) is 0 Å². The van der Waals surface area contributed by atoms with Crippen LogP contribution in [0.4, 0.5) is 0 Å². The summed E-state index contributed by atoms with van der Waals surface area (Å²) in [7, 11) is 2.05. The first-order chi connectivity index (χ1) is 10.1. The lowest BCUT2D eigenvalue weighted by Gasteiger charge is -2.20. The van der Waals surface area contributed by atoms with Crippen LogP contribution >= 0.6 is 0 Å². The third-order valence-corrected chi connectivity index (χ3v) is 4.40. The van der Waals surface area contributed by atoms with Crippen molar-refractivity contribution in [2.45, 2.75) is 38.8 Å². The van der Waals surface area contributed by atoms with Gasteiger partial charge in [0.05, 0.1) is 0 Å². The van der Waals surface area contributed by atoms with E-state index in [4.69, 9.17) is 4.99 Å². The summed E-state index contributed by atoms with van der Waals surface area (Å²) in [6.07, 6.45) is 2.85. The van der Waals surface area contributed by atoms with E-state index in [1.54, 1.807) is 0 Å². The standard InChI is InChI=1S/C17H26N4/c1-13(2)14-6-8-15(9-7-14)17-18-16(19-20(17)3)12-21-10-4-5-11-21/h6-9,13,16,19H,4-5,10-12H2,1-3H3. The van der Waals surface area contributed by atoms with E-state index in [0.717, 1.165) is 12.4 Å². The lowest BCUT2D eigenvalue weighted by atomic mass is 10.0. The average molecular weight is 286 g/mol. The lowest BCUT2D eigenvalue weighted by molar-refractivity contribution is 0.257. The van der Waals surface area contributed by atoms with E-state index in [9.17, 15) is 0 Å². The topological polar surface area (TPSA) is 30.9 Å². The number of nitrogens with one attached hydrogen (secondary N) is 1. The Kier molecular flexibility index (Phi) is 4.27. The summed E-state index contributed by atoms with van der Waals surface area (Å²) >= 11 is 0. The van der Waals surface area contributed by atoms with Gasteiger partial charge in [0, 0.05) is 19.2 Å². The monoisotopic (exact) mass is 286 g/mol. The molecular weight excluding hydrogens is 260 g/mol. The van der Waals surface area contributed by atoms with Crippen molar-refractivity contribution in [3.8, 4) is 0 Å². The van der Waals surface area contributed by atoms with Crippen molar-refractivity contribution in [1.82, 2.24) is 15.3 Å². The van der Waals surface area contributed by atoms with Gasteiger partial charge >= 0.3 is 0 Å². The predicted molar refractivity (Wildman–Crippen MR) is 87.4 cm³/mol. The Morgan fingerprint density at radius 2 is 1.86 bits per heavy atom. The van der Waals surface area contributed by atoms with Gasteiger partial charge in [-0.3, -0.25) is 9.91 Å². The average Bonchev–Trinajstić information content (AvgIpc) is 3.09. The maximum Gasteiger partial charge on any atom is 0.146 e. The molecule has 1 atom stereocenters. The predicted octanol–water partition coefficient (Wildman–Crippen LogP) is 2.43. The molecule has 114 valence electrons. The number of hydrogen-bond acceptors (Lipinski definition) is 4. The number of aliphatic imine (C=N–C) groups is 1. The number of rotatable bonds is 4. The molecule has 0 amide bonds. The zero-order valence-electron chi connectivity index (χ0n) is 13.3. The Morgan fingerprint density at radius 3 is 2.48 bits per heavy atom. The molecule has 2 aliphatic rings. The number of hydrazine groups is 1. The zero-order valence-corrected chi connectivity index (χ0v) is 13.3. The summed E-state index contributed by atoms with van der Waals surface area (Å²) in [6, 6.07) is 8.80. The van der Waals surface area contributed by atoms with Gasteiger partial charge in [-0.05, 0) is 37.4 Å². The van der Waals surface area contributed by atoms with Gasteiger partial charge in [0.25, 0.3) is 0 Å². The van der Waals surface area contributed by atoms with Gasteiger partial charge < -0.3 is 0 Å². The summed E-state index contributed by atoms with van der Waals surface area (Å²) in [6.45, 7) is 7.90. The molecule has 4 nitrogen and oxygen atoms in total. The van der Waals surface area contributed by atoms with E-state index < -0.39 is 0 Å². The molecule has 1 fully saturated rings. The first-order valence-electron chi connectivity index (χ1n) is 8.04. The molecule has 0 bridgehead atoms. The molecule has 0 aliphatic carbocycles. The van der Waals surface area contributed by atoms with Crippen LogP contribution in [0.25, 0.3) is 0 Å². The summed E-state index contributed by atoms with van der Waals surface area (Å²) in [4.78, 5) is 7.37. The van der Waals surface area contributed by atoms with Crippen LogP contribution in [-0.4, -0.2) is 48.6 Å². The highest BCUT2D eigenvalue weighted by Crippen LogP contribution is 2.18. The number of amidine groups is 1. The highest BCUT2D eigenvalue weighted by molar-refractivity contribution is 5.99. The fourth-order valence-corrected chi connectivity index (χ4v) is 3.12. The Hall–Kier alpha value is -1.39. The second-order valence-corrected chi connectivity index (χ2v) is 6.44. The molecule has 0 spiro atoms. The molecular formula is C17H26N4. The first kappa shape index (κ1) is 14.5. The molecule has 2 heterocycles. The molecule has 0 saturated carbocycles. The highest BCUT2D eigenvalue weighted by atomic mass is 15.6. The van der Waals surface area contributed by atoms with Gasteiger partial charge in [0.15, 0.2) is 0 Å². The molecule has 0 radical (unpaired) electrons. The molecule has 1 aromatic carbocycles. The highest BCUT2D eigenvalue weighted by Gasteiger charge is 2.25. The maximum absolute atomic E-state index is 4.87. The molecule has 1 aromatic rings. The van der Waals surface area contributed by atoms with Gasteiger partial charge in [0.1, 0.15) is 12.0 Å². The number of hydrogen-bond donors (Lipinski definition) is 1. The second-order valence-electron chi connectivity index (χ2n) is 6.44. The molecule has 1 unspecified atom stereocenters. The van der Waals surface area contributed by atoms with Crippen LogP contribution in [-0.2, 0) is 0 Å². The van der Waals surface area contributed by atoms with E-state index in [0.29, 0.717) is 5.92 Å². The quantitative estimate of drug-likeness (QED) is 0.922. The summed E-state index contributed by atoms with van der Waals surface area (Å²) in [5, 5.41) is 2.06. The van der Waals surface area contributed by atoms with Crippen molar-refractivity contribution in [1.29, 1.82) is 0 Å². The Labute approximate surface area is 127 Å². The van der Waals surface area contributed by atoms with E-state index in [2.05, 4.69) is 60.5 Å². The minimum absolute atomic E-state index is 0.188. The van der Waals surface area contributed by atoms with Crippen LogP contribution in [0.1, 0.15) is 43.7 Å². The van der Waals surface area contributed by atoms with Crippen LogP contribution in [0.3, 0.4) is 0 Å². The minimum atomic E-state index is 0.188. The molecule has 2 aliphatic heterocycles. The number of likely N-dealkylation sites (tertiary alicyclic amines) is 1. The number of benzene rings is 1. The first-order valence-corrected chi connectivity index (χ1v) is 8.04. The Balaban J connectivity index is 1.70. The number of nitrogens with zero attached hydrogens (tertiary/aromatic N) is 3. The molecule has 4 heteroatoms. The van der Waals surface area contributed by atoms with Crippen LogP contribution in [0, 0.1) is 0 Å². The molecule has 21 heavy (non-hydrogen) atoms. The normalized spacial score (nSPS) is 23.1. The van der Waals surface area contributed by atoms with Crippen molar-refractivity contribution < 1.29 is 0 Å². The zero-order chi connectivity index (χ0) is 14.8. The lowest BCUT2D eigenvalue weighted by Crippen LogP contribution is -2.42. The van der Waals surface area contributed by atoms with Crippen molar-refractivity contribution in [3.63, 3.8) is 0 Å². The van der Waals surface area contributed by atoms with Crippen LogP contribution in [0.2, 0.25) is 0 Å². The second kappa shape index (κ2) is 6.16. The van der Waals surface area contributed by atoms with Gasteiger partial charge in [0.2, 0.25) is 0 Å². The third-order valence-electron chi connectivity index (χ3n) is 4.40. The smallest absolute Gasteiger partial charge is 0.146 e. The van der Waals surface area contributed by atoms with Crippen LogP contribution < -0.4 is 5.43 Å². The molecule has 1 N–H and O–H groups in total. The van der Waals surface area contributed by atoms with Crippen LogP contribution in [0.5, 0.6) is 0 Å². The fourth-order valence-electron chi connectivity index (χ4n) is 3.12. The van der Waals surface area contributed by atoms with Gasteiger partial charge in [-0.25, -0.2) is 10.4 Å². The van der Waals surface area contributed by atoms with Crippen molar-refractivity contribution >= 4 is 5.84 Å². The minimum Gasteiger partial charge on any atom is -0.300 e. The molecule has 1 saturated heterocycles. The van der Waals surface area contributed by atoms with Crippen LogP contribution in [0.15, 0.2) is 29.3 Å². The fraction of sp³-hybridized carbons (Fsp3) is 0.588. The van der Waals surface area contributed by atoms with Gasteiger partial charge in [-0.1, -0.05) is 38.1 Å². The Morgan fingerprint density at radius 1 is 1.19 bits per heavy atom. The third kappa shape index (κ3) is 3.27. The van der Waals surface area contributed by atoms with E-state index in [1.165, 1.54) is 37.1 Å². The summed E-state index contributed by atoms with van der Waals surface area (Å²) in [5.41, 5.74) is 6.02. The van der Waals surface area contributed by atoms with E-state index in [-0.39, 0.29) is 6.17 Å². The van der Waals surface area contributed by atoms with E-state index >= 15 is 0 Å². The largest absolute Gasteiger partial charge is 0.300 e. The van der Waals surface area contributed by atoms with Crippen molar-refractivity contribution in [2.24, 2.45) is 4.99 Å². The summed E-state index contributed by atoms with van der Waals surface area (Å²) in [5.74, 6) is 1.62. The SMILES string of the molecule is CC(C)c1ccc(C2=NC(CN3CCCC3)NN2C)cc1. The maximum atomic E-state index is 4.87.